The minimum absolute atomic E-state index is 0.00521. The van der Waals surface area contributed by atoms with Crippen molar-refractivity contribution >= 4 is 35.5 Å². The van der Waals surface area contributed by atoms with Crippen LogP contribution in [0, 0.1) is 10.1 Å². The Bertz CT molecular complexity index is 1790. The average molecular weight is 605 g/mol. The Morgan fingerprint density at radius 3 is 2.16 bits per heavy atom. The van der Waals surface area contributed by atoms with Gasteiger partial charge in [-0.05, 0) is 60.5 Å². The third kappa shape index (κ3) is 7.11. The first-order valence-electron chi connectivity index (χ1n) is 13.8. The highest BCUT2D eigenvalue weighted by molar-refractivity contribution is 8.00. The summed E-state index contributed by atoms with van der Waals surface area (Å²) in [7, 11) is 0. The molecule has 4 aromatic carbocycles. The maximum atomic E-state index is 12.6. The van der Waals surface area contributed by atoms with Crippen LogP contribution in [0.3, 0.4) is 0 Å². The van der Waals surface area contributed by atoms with Gasteiger partial charge in [0.25, 0.3) is 5.69 Å². The molecule has 0 unspecified atom stereocenters. The molecule has 10 heteroatoms. The number of hydrazone groups is 1. The maximum Gasteiger partial charge on any atom is 0.338 e. The van der Waals surface area contributed by atoms with Gasteiger partial charge in [0.15, 0.2) is 0 Å². The Labute approximate surface area is 258 Å². The largest absolute Gasteiger partial charge is 0.462 e. The number of carbonyl (C=O) groups is 2. The van der Waals surface area contributed by atoms with Crippen LogP contribution in [0.1, 0.15) is 22.8 Å². The molecule has 0 atom stereocenters. The van der Waals surface area contributed by atoms with Crippen LogP contribution in [0.4, 0.5) is 5.69 Å². The number of hydrogen-bond donors (Lipinski definition) is 1. The smallest absolute Gasteiger partial charge is 0.338 e. The first-order valence-corrected chi connectivity index (χ1v) is 14.8. The fourth-order valence-electron chi connectivity index (χ4n) is 4.59. The predicted molar refractivity (Wildman–Crippen MR) is 172 cm³/mol. The van der Waals surface area contributed by atoms with Gasteiger partial charge in [-0.2, -0.15) is 5.10 Å². The number of nitrogens with zero attached hydrogens (tertiary/aromatic N) is 3. The molecule has 0 aliphatic carbocycles. The van der Waals surface area contributed by atoms with Crippen molar-refractivity contribution in [3.63, 3.8) is 0 Å². The van der Waals surface area contributed by atoms with Crippen LogP contribution < -0.4 is 5.43 Å². The molecule has 0 saturated heterocycles. The number of esters is 1. The highest BCUT2D eigenvalue weighted by Crippen LogP contribution is 2.35. The monoisotopic (exact) mass is 604 g/mol. The van der Waals surface area contributed by atoms with E-state index < -0.39 is 4.92 Å². The van der Waals surface area contributed by atoms with Crippen LogP contribution in [0.25, 0.3) is 28.2 Å². The number of non-ortho nitro benzene ring substituents is 1. The zero-order valence-corrected chi connectivity index (χ0v) is 24.6. The highest BCUT2D eigenvalue weighted by Gasteiger charge is 2.19. The second-order valence-corrected chi connectivity index (χ2v) is 10.5. The minimum Gasteiger partial charge on any atom is -0.462 e. The number of hydrogen-bond acceptors (Lipinski definition) is 7. The minimum atomic E-state index is -0.464. The standard InChI is InChI=1S/C34H28N4O5S/c1-2-43-34(40)26-13-15-28(16-14-26)37-31(24-9-5-3-6-10-24)21-27(33(37)25-11-7-4-8-12-25)22-35-36-32(39)23-44-30-19-17-29(18-20-30)38(41)42/h3-22H,2,23H2,1H3,(H,36,39)/b35-22-. The van der Waals surface area contributed by atoms with Gasteiger partial charge in [-0.15, -0.1) is 11.8 Å². The molecular weight excluding hydrogens is 576 g/mol. The van der Waals surface area contributed by atoms with E-state index in [2.05, 4.69) is 15.1 Å². The van der Waals surface area contributed by atoms with Crippen molar-refractivity contribution in [3.8, 4) is 28.2 Å². The molecule has 5 aromatic rings. The molecule has 1 amide bonds. The predicted octanol–water partition coefficient (Wildman–Crippen LogP) is 7.14. The third-order valence-electron chi connectivity index (χ3n) is 6.59. The molecule has 220 valence electrons. The molecule has 0 aliphatic heterocycles. The fourth-order valence-corrected chi connectivity index (χ4v) is 5.28. The van der Waals surface area contributed by atoms with Gasteiger partial charge in [-0.1, -0.05) is 60.7 Å². The Kier molecular flexibility index (Phi) is 9.63. The highest BCUT2D eigenvalue weighted by atomic mass is 32.2. The number of benzene rings is 4. The van der Waals surface area contributed by atoms with Crippen LogP contribution in [-0.2, 0) is 9.53 Å². The van der Waals surface area contributed by atoms with Gasteiger partial charge in [0, 0.05) is 28.3 Å². The van der Waals surface area contributed by atoms with Crippen molar-refractivity contribution in [1.82, 2.24) is 9.99 Å². The average Bonchev–Trinajstić information content (AvgIpc) is 3.44. The van der Waals surface area contributed by atoms with E-state index in [1.165, 1.54) is 23.9 Å². The van der Waals surface area contributed by atoms with E-state index >= 15 is 0 Å². The Morgan fingerprint density at radius 2 is 1.55 bits per heavy atom. The summed E-state index contributed by atoms with van der Waals surface area (Å²) in [4.78, 5) is 36.0. The lowest BCUT2D eigenvalue weighted by Gasteiger charge is -2.15. The van der Waals surface area contributed by atoms with Gasteiger partial charge >= 0.3 is 5.97 Å². The van der Waals surface area contributed by atoms with Crippen LogP contribution in [-0.4, -0.2) is 39.9 Å². The van der Waals surface area contributed by atoms with E-state index in [4.69, 9.17) is 4.74 Å². The zero-order chi connectivity index (χ0) is 30.9. The lowest BCUT2D eigenvalue weighted by molar-refractivity contribution is -0.384. The number of nitrogens with one attached hydrogen (secondary N) is 1. The summed E-state index contributed by atoms with van der Waals surface area (Å²) in [6, 6.07) is 35.1. The van der Waals surface area contributed by atoms with Crippen molar-refractivity contribution in [1.29, 1.82) is 0 Å². The number of ether oxygens (including phenoxy) is 1. The van der Waals surface area contributed by atoms with E-state index in [1.807, 2.05) is 78.9 Å². The quantitative estimate of drug-likeness (QED) is 0.0563. The number of rotatable bonds is 11. The normalized spacial score (nSPS) is 10.9. The summed E-state index contributed by atoms with van der Waals surface area (Å²) in [6.07, 6.45) is 1.62. The first kappa shape index (κ1) is 30.0. The van der Waals surface area contributed by atoms with Gasteiger partial charge < -0.3 is 9.30 Å². The Morgan fingerprint density at radius 1 is 0.909 bits per heavy atom. The van der Waals surface area contributed by atoms with Gasteiger partial charge in [0.05, 0.1) is 40.4 Å². The topological polar surface area (TPSA) is 116 Å². The third-order valence-corrected chi connectivity index (χ3v) is 7.61. The van der Waals surface area contributed by atoms with Crippen LogP contribution in [0.2, 0.25) is 0 Å². The summed E-state index contributed by atoms with van der Waals surface area (Å²) >= 11 is 1.26. The second kappa shape index (κ2) is 14.1. The first-order chi connectivity index (χ1) is 21.4. The molecule has 0 aliphatic rings. The number of thioether (sulfide) groups is 1. The van der Waals surface area contributed by atoms with Gasteiger partial charge in [0.2, 0.25) is 5.91 Å². The van der Waals surface area contributed by atoms with Crippen LogP contribution >= 0.6 is 11.8 Å². The molecule has 1 heterocycles. The SMILES string of the molecule is CCOC(=O)c1ccc(-n2c(-c3ccccc3)cc(/C=N\NC(=O)CSc3ccc([N+](=O)[O-])cc3)c2-c2ccccc2)cc1. The van der Waals surface area contributed by atoms with Crippen LogP contribution in [0.5, 0.6) is 0 Å². The number of carbonyl (C=O) groups excluding carboxylic acids is 2. The van der Waals surface area contributed by atoms with Crippen molar-refractivity contribution in [2.24, 2.45) is 5.10 Å². The molecular formula is C34H28N4O5S. The second-order valence-electron chi connectivity index (χ2n) is 9.50. The molecule has 0 spiro atoms. The van der Waals surface area contributed by atoms with E-state index in [9.17, 15) is 19.7 Å². The van der Waals surface area contributed by atoms with Crippen molar-refractivity contribution in [2.75, 3.05) is 12.4 Å². The van der Waals surface area contributed by atoms with Crippen molar-refractivity contribution in [3.05, 3.63) is 137 Å². The van der Waals surface area contributed by atoms with Gasteiger partial charge in [-0.3, -0.25) is 14.9 Å². The van der Waals surface area contributed by atoms with Gasteiger partial charge in [0.1, 0.15) is 0 Å². The van der Waals surface area contributed by atoms with E-state index in [0.29, 0.717) is 12.2 Å². The molecule has 44 heavy (non-hydrogen) atoms. The molecule has 9 nitrogen and oxygen atoms in total. The van der Waals surface area contributed by atoms with Crippen LogP contribution in [0.15, 0.2) is 125 Å². The molecule has 0 bridgehead atoms. The van der Waals surface area contributed by atoms with Crippen molar-refractivity contribution in [2.45, 2.75) is 11.8 Å². The number of aromatic nitrogens is 1. The van der Waals surface area contributed by atoms with Crippen molar-refractivity contribution < 1.29 is 19.2 Å². The molecule has 1 aromatic heterocycles. The van der Waals surface area contributed by atoms with E-state index in [-0.39, 0.29) is 23.3 Å². The summed E-state index contributed by atoms with van der Waals surface area (Å²) in [5, 5.41) is 15.1. The number of nitro benzene ring substituents is 1. The zero-order valence-electron chi connectivity index (χ0n) is 23.8. The molecule has 5 rings (SSSR count). The number of nitro groups is 1. The Balaban J connectivity index is 1.47. The van der Waals surface area contributed by atoms with E-state index in [1.54, 1.807) is 37.4 Å². The van der Waals surface area contributed by atoms with Gasteiger partial charge in [-0.25, -0.2) is 10.2 Å². The summed E-state index contributed by atoms with van der Waals surface area (Å²) in [5.74, 6) is -0.611. The molecule has 1 N–H and O–H groups in total. The number of amides is 1. The molecule has 0 fully saturated rings. The van der Waals surface area contributed by atoms with E-state index in [0.717, 1.165) is 38.7 Å². The fraction of sp³-hybridized carbons (Fsp3) is 0.0882. The maximum absolute atomic E-state index is 12.6. The lowest BCUT2D eigenvalue weighted by Crippen LogP contribution is -2.19. The lowest BCUT2D eigenvalue weighted by atomic mass is 10.1. The molecule has 0 saturated carbocycles. The summed E-state index contributed by atoms with van der Waals surface area (Å²) in [6.45, 7) is 2.07. The Hall–Kier alpha value is -5.48. The summed E-state index contributed by atoms with van der Waals surface area (Å²) < 4.78 is 7.26. The molecule has 0 radical (unpaired) electrons. The summed E-state index contributed by atoms with van der Waals surface area (Å²) in [5.41, 5.74) is 8.31.